The van der Waals surface area contributed by atoms with E-state index in [1.807, 2.05) is 5.57 Å². The summed E-state index contributed by atoms with van der Waals surface area (Å²) in [5.41, 5.74) is 8.10. The van der Waals surface area contributed by atoms with Crippen LogP contribution in [0.4, 0.5) is 0 Å². The van der Waals surface area contributed by atoms with Crippen LogP contribution in [-0.2, 0) is 0 Å². The molecule has 4 saturated carbocycles. The van der Waals surface area contributed by atoms with E-state index in [0.29, 0.717) is 6.04 Å². The number of fused-ring (bicyclic) bond motifs is 3. The van der Waals surface area contributed by atoms with Gasteiger partial charge in [0.25, 0.3) is 0 Å². The van der Waals surface area contributed by atoms with Crippen LogP contribution in [-0.4, -0.2) is 19.1 Å². The maximum Gasteiger partial charge on any atom is 0.0281 e. The normalized spacial score (nSPS) is 42.6. The molecule has 4 fully saturated rings. The molecule has 8 aliphatic carbocycles. The summed E-state index contributed by atoms with van der Waals surface area (Å²) in [5.74, 6) is 13.1. The second-order valence-electron chi connectivity index (χ2n) is 21.1. The van der Waals surface area contributed by atoms with Gasteiger partial charge in [-0.25, -0.2) is 0 Å². The van der Waals surface area contributed by atoms with Crippen molar-refractivity contribution in [2.45, 2.75) is 174 Å². The van der Waals surface area contributed by atoms with Gasteiger partial charge in [-0.05, 0) is 217 Å². The minimum absolute atomic E-state index is 0.625. The van der Waals surface area contributed by atoms with E-state index in [2.05, 4.69) is 61.7 Å². The van der Waals surface area contributed by atoms with E-state index in [-0.39, 0.29) is 0 Å². The summed E-state index contributed by atoms with van der Waals surface area (Å²) >= 11 is 0. The van der Waals surface area contributed by atoms with Gasteiger partial charge in [0, 0.05) is 6.04 Å². The first-order valence-electron chi connectivity index (χ1n) is 24.7. The molecule has 0 radical (unpaired) electrons. The first-order chi connectivity index (χ1) is 26.6. The zero-order valence-corrected chi connectivity index (χ0v) is 35.2. The molecule has 0 heterocycles. The van der Waals surface area contributed by atoms with Gasteiger partial charge in [0.2, 0.25) is 0 Å². The van der Waals surface area contributed by atoms with E-state index in [1.165, 1.54) is 161 Å². The lowest BCUT2D eigenvalue weighted by Gasteiger charge is -2.49. The molecular weight excluding hydrogens is 653 g/mol. The van der Waals surface area contributed by atoms with E-state index in [0.717, 1.165) is 95.3 Å². The number of rotatable bonds is 13. The summed E-state index contributed by atoms with van der Waals surface area (Å²) in [6.07, 6.45) is 53.2. The van der Waals surface area contributed by atoms with E-state index in [9.17, 15) is 0 Å². The smallest absolute Gasteiger partial charge is 0.0281 e. The Bertz CT molecular complexity index is 1280. The number of nitrogens with one attached hydrogen (secondary N) is 1. The number of allylic oxidation sites excluding steroid dienone is 7. The van der Waals surface area contributed by atoms with Gasteiger partial charge < -0.3 is 11.1 Å². The lowest BCUT2D eigenvalue weighted by molar-refractivity contribution is 0.0440. The quantitative estimate of drug-likeness (QED) is 0.185. The Balaban J connectivity index is 0.887. The molecule has 54 heavy (non-hydrogen) atoms. The summed E-state index contributed by atoms with van der Waals surface area (Å²) in [7, 11) is 0. The van der Waals surface area contributed by atoms with E-state index in [4.69, 9.17) is 5.73 Å². The van der Waals surface area contributed by atoms with Crippen molar-refractivity contribution in [3.8, 4) is 0 Å². The Labute approximate surface area is 333 Å². The fourth-order valence-electron chi connectivity index (χ4n) is 15.2. The predicted octanol–water partition coefficient (Wildman–Crippen LogP) is 13.3. The van der Waals surface area contributed by atoms with Crippen LogP contribution in [0.3, 0.4) is 0 Å². The van der Waals surface area contributed by atoms with E-state index >= 15 is 0 Å². The summed E-state index contributed by atoms with van der Waals surface area (Å²) < 4.78 is 0. The molecule has 0 aromatic heterocycles. The zero-order chi connectivity index (χ0) is 36.9. The van der Waals surface area contributed by atoms with Crippen molar-refractivity contribution >= 4 is 0 Å². The van der Waals surface area contributed by atoms with Crippen LogP contribution in [0.25, 0.3) is 0 Å². The molecule has 14 atom stereocenters. The number of hydrogen-bond donors (Lipinski definition) is 2. The number of nitrogens with two attached hydrogens (primary N) is 1. The van der Waals surface area contributed by atoms with Crippen molar-refractivity contribution in [1.29, 1.82) is 0 Å². The van der Waals surface area contributed by atoms with E-state index in [1.54, 1.807) is 0 Å². The molecule has 0 saturated heterocycles. The fourth-order valence-corrected chi connectivity index (χ4v) is 15.2. The minimum atomic E-state index is 0.625. The van der Waals surface area contributed by atoms with Gasteiger partial charge >= 0.3 is 0 Å². The molecule has 0 aromatic carbocycles. The molecule has 0 spiro atoms. The van der Waals surface area contributed by atoms with Crippen LogP contribution >= 0.6 is 0 Å². The van der Waals surface area contributed by atoms with Crippen LogP contribution in [0.1, 0.15) is 168 Å². The van der Waals surface area contributed by atoms with Crippen molar-refractivity contribution in [3.63, 3.8) is 0 Å². The monoisotopic (exact) mass is 737 g/mol. The van der Waals surface area contributed by atoms with Crippen LogP contribution in [0, 0.1) is 88.8 Å². The third-order valence-electron chi connectivity index (χ3n) is 18.6. The van der Waals surface area contributed by atoms with Gasteiger partial charge in [0.1, 0.15) is 0 Å². The first-order valence-corrected chi connectivity index (χ1v) is 24.7. The Kier molecular flexibility index (Phi) is 14.0. The van der Waals surface area contributed by atoms with Crippen molar-refractivity contribution in [2.75, 3.05) is 13.1 Å². The van der Waals surface area contributed by atoms with Crippen LogP contribution in [0.2, 0.25) is 0 Å². The summed E-state index contributed by atoms with van der Waals surface area (Å²) in [5, 5.41) is 4.28. The van der Waals surface area contributed by atoms with Gasteiger partial charge in [-0.1, -0.05) is 100 Å². The topological polar surface area (TPSA) is 38.0 Å². The summed E-state index contributed by atoms with van der Waals surface area (Å²) in [6.45, 7) is 7.21. The van der Waals surface area contributed by atoms with Crippen molar-refractivity contribution < 1.29 is 0 Å². The summed E-state index contributed by atoms with van der Waals surface area (Å²) in [4.78, 5) is 0. The molecule has 302 valence electrons. The molecule has 0 aromatic rings. The Hall–Kier alpha value is -1.12. The average molecular weight is 737 g/mol. The molecule has 0 bridgehead atoms. The van der Waals surface area contributed by atoms with Gasteiger partial charge in [0.15, 0.2) is 0 Å². The minimum Gasteiger partial charge on any atom is -0.330 e. The summed E-state index contributed by atoms with van der Waals surface area (Å²) in [6, 6.07) is 0.625. The molecule has 0 amide bonds. The lowest BCUT2D eigenvalue weighted by atomic mass is 9.56. The molecule has 2 nitrogen and oxygen atoms in total. The largest absolute Gasteiger partial charge is 0.330 e. The van der Waals surface area contributed by atoms with Gasteiger partial charge in [0.05, 0.1) is 0 Å². The molecule has 0 aliphatic heterocycles. The van der Waals surface area contributed by atoms with Crippen LogP contribution in [0.15, 0.2) is 48.1 Å². The highest BCUT2D eigenvalue weighted by molar-refractivity contribution is 5.21. The second-order valence-corrected chi connectivity index (χ2v) is 21.1. The standard InChI is InChI=1S/C52H84N2/c1-3-37(34-53)39-21-23-41(24-22-39)46(35-54-52-18-10-14-42-12-6-7-15-49(42)52)20-19-36(2)47-31-32-48(51-17-9-8-16-50(47)51)43-28-25-40(26-29-43)45-30-27-38-11-4-5-13-44(38)33-45/h9-10,17-18,25,28,33,36-44,46-52,54H,3-8,11-16,19-24,26-27,29-32,34-35,53H2,1-2H3/t36?,37?,38-,39?,40?,41?,42-,43?,44?,46?,47?,48?,49?,50?,51?,52+/m1/s1. The third kappa shape index (κ3) is 9.11. The second kappa shape index (κ2) is 19.1. The molecule has 8 rings (SSSR count). The van der Waals surface area contributed by atoms with Gasteiger partial charge in [-0.15, -0.1) is 0 Å². The van der Waals surface area contributed by atoms with Crippen molar-refractivity contribution in [3.05, 3.63) is 48.1 Å². The zero-order valence-electron chi connectivity index (χ0n) is 35.2. The SMILES string of the molecule is CCC(CN)C1CCC(C(CCC(C)C2CCC(C3C=CC(C4=CC5CCCC[C@@H]5CC4)CC3)C3C=CCCC32)CN[C@H]2C=CC[C@H]3CCCCC32)CC1. The first kappa shape index (κ1) is 39.7. The third-order valence-corrected chi connectivity index (χ3v) is 18.6. The molecule has 3 N–H and O–H groups in total. The highest BCUT2D eigenvalue weighted by Crippen LogP contribution is 2.53. The fraction of sp³-hybridized carbons (Fsp3) is 0.846. The van der Waals surface area contributed by atoms with E-state index < -0.39 is 0 Å². The lowest BCUT2D eigenvalue weighted by Crippen LogP contribution is -2.45. The number of hydrogen-bond acceptors (Lipinski definition) is 2. The Morgan fingerprint density at radius 1 is 0.667 bits per heavy atom. The maximum atomic E-state index is 6.27. The predicted molar refractivity (Wildman–Crippen MR) is 231 cm³/mol. The molecule has 11 unspecified atom stereocenters. The molecule has 2 heteroatoms. The maximum absolute atomic E-state index is 6.27. The van der Waals surface area contributed by atoms with Crippen molar-refractivity contribution in [1.82, 2.24) is 5.32 Å². The average Bonchev–Trinajstić information content (AvgIpc) is 3.24. The molecular formula is C52H84N2. The Morgan fingerprint density at radius 2 is 1.46 bits per heavy atom. The van der Waals surface area contributed by atoms with Crippen LogP contribution in [0.5, 0.6) is 0 Å². The Morgan fingerprint density at radius 3 is 2.26 bits per heavy atom. The van der Waals surface area contributed by atoms with Gasteiger partial charge in [-0.3, -0.25) is 0 Å². The van der Waals surface area contributed by atoms with Gasteiger partial charge in [-0.2, -0.15) is 0 Å². The van der Waals surface area contributed by atoms with Crippen LogP contribution < -0.4 is 11.1 Å². The highest BCUT2D eigenvalue weighted by atomic mass is 14.9. The van der Waals surface area contributed by atoms with Crippen molar-refractivity contribution in [2.24, 2.45) is 94.5 Å². The molecule has 8 aliphatic rings. The highest BCUT2D eigenvalue weighted by Gasteiger charge is 2.44.